The van der Waals surface area contributed by atoms with Gasteiger partial charge in [0.15, 0.2) is 0 Å². The van der Waals surface area contributed by atoms with Crippen molar-refractivity contribution in [2.24, 2.45) is 0 Å². The first kappa shape index (κ1) is 20.5. The first-order valence-electron chi connectivity index (χ1n) is 7.82. The summed E-state index contributed by atoms with van der Waals surface area (Å²) in [6.45, 7) is 0.504. The second-order valence-corrected chi connectivity index (χ2v) is 7.45. The fraction of sp³-hybridized carbons (Fsp3) is 0.375. The molecule has 2 N–H and O–H groups in total. The van der Waals surface area contributed by atoms with Crippen molar-refractivity contribution in [1.29, 1.82) is 0 Å². The molecule has 0 unspecified atom stereocenters. The van der Waals surface area contributed by atoms with Gasteiger partial charge in [-0.15, -0.1) is 0 Å². The Labute approximate surface area is 165 Å². The lowest BCUT2D eigenvalue weighted by Crippen LogP contribution is -2.41. The fourth-order valence-corrected chi connectivity index (χ4v) is 3.56. The summed E-state index contributed by atoms with van der Waals surface area (Å²) in [5.74, 6) is -0.109. The van der Waals surface area contributed by atoms with Gasteiger partial charge in [0.05, 0.1) is 18.4 Å². The Morgan fingerprint density at radius 3 is 2.77 bits per heavy atom. The quantitative estimate of drug-likeness (QED) is 0.403. The van der Waals surface area contributed by atoms with Crippen LogP contribution in [0.2, 0.25) is 5.02 Å². The highest BCUT2D eigenvalue weighted by Gasteiger charge is 2.25. The van der Waals surface area contributed by atoms with Crippen molar-refractivity contribution >= 4 is 57.6 Å². The highest BCUT2D eigenvalue weighted by atomic mass is 35.5. The molecule has 10 heteroatoms. The molecule has 0 atom stereocenters. The molecule has 3 amide bonds. The normalized spacial score (nSPS) is 13.7. The van der Waals surface area contributed by atoms with Crippen molar-refractivity contribution in [2.75, 3.05) is 19.4 Å². The number of unbranched alkanes of at least 4 members (excludes halogenated alkanes) is 1. The maximum absolute atomic E-state index is 12.1. The van der Waals surface area contributed by atoms with E-state index >= 15 is 0 Å². The Morgan fingerprint density at radius 2 is 2.12 bits per heavy atom. The zero-order chi connectivity index (χ0) is 19.1. The molecule has 1 heterocycles. The third kappa shape index (κ3) is 5.58. The lowest BCUT2D eigenvalue weighted by molar-refractivity contribution is -0.124. The van der Waals surface area contributed by atoms with Gasteiger partial charge in [-0.1, -0.05) is 35.6 Å². The fourth-order valence-electron chi connectivity index (χ4n) is 2.27. The zero-order valence-electron chi connectivity index (χ0n) is 14.0. The minimum Gasteiger partial charge on any atom is -0.496 e. The number of methoxy groups -OCH3 is 1. The van der Waals surface area contributed by atoms with Crippen molar-refractivity contribution in [1.82, 2.24) is 15.8 Å². The Morgan fingerprint density at radius 1 is 1.35 bits per heavy atom. The summed E-state index contributed by atoms with van der Waals surface area (Å²) in [7, 11) is 1.44. The summed E-state index contributed by atoms with van der Waals surface area (Å²) >= 11 is 12.3. The van der Waals surface area contributed by atoms with Crippen LogP contribution in [0.3, 0.4) is 0 Å². The number of hydrogen-bond donors (Lipinski definition) is 2. The summed E-state index contributed by atoms with van der Waals surface area (Å²) in [6, 6.07) is 4.63. The molecule has 2 rings (SSSR count). The molecule has 7 nitrogen and oxygen atoms in total. The predicted octanol–water partition coefficient (Wildman–Crippen LogP) is 2.14. The van der Waals surface area contributed by atoms with Crippen LogP contribution in [-0.4, -0.2) is 46.3 Å². The number of rotatable bonds is 7. The van der Waals surface area contributed by atoms with Crippen molar-refractivity contribution in [3.8, 4) is 5.75 Å². The van der Waals surface area contributed by atoms with Crippen LogP contribution in [0.25, 0.3) is 0 Å². The highest BCUT2D eigenvalue weighted by Crippen LogP contribution is 2.22. The molecule has 140 valence electrons. The summed E-state index contributed by atoms with van der Waals surface area (Å²) in [5, 5.41) is 0.384. The standard InChI is InChI=1S/C16H18ClN3O4S2/c1-24-12-6-5-10(17)8-11(12)15(23)19-18-13(21)4-2-3-7-20-14(22)9-26-16(20)25/h5-6,8H,2-4,7,9H2,1H3,(H,18,21)(H,19,23). The number of benzene rings is 1. The maximum atomic E-state index is 12.1. The van der Waals surface area contributed by atoms with E-state index in [0.29, 0.717) is 40.2 Å². The molecular formula is C16H18ClN3O4S2. The minimum atomic E-state index is -0.525. The largest absolute Gasteiger partial charge is 0.496 e. The third-order valence-electron chi connectivity index (χ3n) is 3.60. The number of amides is 3. The summed E-state index contributed by atoms with van der Waals surface area (Å²) in [5.41, 5.74) is 4.90. The van der Waals surface area contributed by atoms with Gasteiger partial charge in [0.1, 0.15) is 10.1 Å². The van der Waals surface area contributed by atoms with E-state index in [1.54, 1.807) is 17.0 Å². The lowest BCUT2D eigenvalue weighted by atomic mass is 10.2. The molecule has 1 aromatic carbocycles. The molecule has 0 bridgehead atoms. The monoisotopic (exact) mass is 415 g/mol. The summed E-state index contributed by atoms with van der Waals surface area (Å²) in [4.78, 5) is 37.1. The number of hydrazine groups is 1. The molecule has 0 radical (unpaired) electrons. The van der Waals surface area contributed by atoms with Crippen molar-refractivity contribution in [3.63, 3.8) is 0 Å². The number of hydrogen-bond acceptors (Lipinski definition) is 6. The Kier molecular flexibility index (Phi) is 7.67. The predicted molar refractivity (Wildman–Crippen MR) is 104 cm³/mol. The van der Waals surface area contributed by atoms with E-state index in [0.717, 1.165) is 0 Å². The number of halogens is 1. The van der Waals surface area contributed by atoms with Crippen molar-refractivity contribution in [3.05, 3.63) is 28.8 Å². The minimum absolute atomic E-state index is 0.00665. The average Bonchev–Trinajstić information content (AvgIpc) is 2.94. The summed E-state index contributed by atoms with van der Waals surface area (Å²) in [6.07, 6.45) is 1.43. The molecule has 26 heavy (non-hydrogen) atoms. The van der Waals surface area contributed by atoms with E-state index in [1.807, 2.05) is 0 Å². The van der Waals surface area contributed by atoms with Gasteiger partial charge in [-0.2, -0.15) is 0 Å². The molecule has 1 fully saturated rings. The average molecular weight is 416 g/mol. The van der Waals surface area contributed by atoms with Gasteiger partial charge in [-0.3, -0.25) is 30.1 Å². The van der Waals surface area contributed by atoms with Gasteiger partial charge in [-0.05, 0) is 31.0 Å². The van der Waals surface area contributed by atoms with Crippen LogP contribution in [-0.2, 0) is 9.59 Å². The number of thioether (sulfide) groups is 1. The van der Waals surface area contributed by atoms with E-state index in [-0.39, 0.29) is 23.8 Å². The van der Waals surface area contributed by atoms with Crippen LogP contribution < -0.4 is 15.6 Å². The lowest BCUT2D eigenvalue weighted by Gasteiger charge is -2.14. The number of carbonyl (C=O) groups excluding carboxylic acids is 3. The van der Waals surface area contributed by atoms with E-state index in [2.05, 4.69) is 10.9 Å². The SMILES string of the molecule is COc1ccc(Cl)cc1C(=O)NNC(=O)CCCCN1C(=O)CSC1=S. The smallest absolute Gasteiger partial charge is 0.273 e. The van der Waals surface area contributed by atoms with Gasteiger partial charge in [0.25, 0.3) is 5.91 Å². The molecule has 0 saturated carbocycles. The van der Waals surface area contributed by atoms with Crippen LogP contribution in [0.1, 0.15) is 29.6 Å². The molecule has 1 saturated heterocycles. The topological polar surface area (TPSA) is 87.7 Å². The van der Waals surface area contributed by atoms with Crippen molar-refractivity contribution < 1.29 is 19.1 Å². The van der Waals surface area contributed by atoms with E-state index in [1.165, 1.54) is 24.9 Å². The number of thiocarbonyl (C=S) groups is 1. The Hall–Kier alpha value is -1.84. The highest BCUT2D eigenvalue weighted by molar-refractivity contribution is 8.23. The van der Waals surface area contributed by atoms with Gasteiger partial charge >= 0.3 is 0 Å². The zero-order valence-corrected chi connectivity index (χ0v) is 16.4. The molecule has 1 aromatic rings. The van der Waals surface area contributed by atoms with Gasteiger partial charge in [0.2, 0.25) is 11.8 Å². The molecule has 1 aliphatic rings. The Bertz CT molecular complexity index is 713. The Balaban J connectivity index is 1.72. The number of nitrogens with one attached hydrogen (secondary N) is 2. The second-order valence-electron chi connectivity index (χ2n) is 5.40. The van der Waals surface area contributed by atoms with Crippen LogP contribution in [0.4, 0.5) is 0 Å². The van der Waals surface area contributed by atoms with Crippen LogP contribution in [0.15, 0.2) is 18.2 Å². The van der Waals surface area contributed by atoms with Crippen LogP contribution in [0, 0.1) is 0 Å². The van der Waals surface area contributed by atoms with Crippen LogP contribution >= 0.6 is 35.6 Å². The maximum Gasteiger partial charge on any atom is 0.273 e. The summed E-state index contributed by atoms with van der Waals surface area (Å²) < 4.78 is 5.68. The van der Waals surface area contributed by atoms with E-state index < -0.39 is 5.91 Å². The second kappa shape index (κ2) is 9.75. The van der Waals surface area contributed by atoms with Gasteiger partial charge in [0, 0.05) is 18.0 Å². The van der Waals surface area contributed by atoms with Crippen LogP contribution in [0.5, 0.6) is 5.75 Å². The van der Waals surface area contributed by atoms with E-state index in [9.17, 15) is 14.4 Å². The number of ether oxygens (including phenoxy) is 1. The van der Waals surface area contributed by atoms with Gasteiger partial charge in [-0.25, -0.2) is 0 Å². The molecule has 0 aliphatic carbocycles. The number of carbonyl (C=O) groups is 3. The van der Waals surface area contributed by atoms with E-state index in [4.69, 9.17) is 28.6 Å². The first-order valence-corrected chi connectivity index (χ1v) is 9.59. The molecule has 0 aromatic heterocycles. The first-order chi connectivity index (χ1) is 12.4. The number of nitrogens with zero attached hydrogens (tertiary/aromatic N) is 1. The third-order valence-corrected chi connectivity index (χ3v) is 5.27. The van der Waals surface area contributed by atoms with Crippen molar-refractivity contribution in [2.45, 2.75) is 19.3 Å². The molecule has 1 aliphatic heterocycles. The molecular weight excluding hydrogens is 398 g/mol. The van der Waals surface area contributed by atoms with Gasteiger partial charge < -0.3 is 4.74 Å². The molecule has 0 spiro atoms.